The van der Waals surface area contributed by atoms with Crippen molar-refractivity contribution in [3.05, 3.63) is 45.9 Å². The summed E-state index contributed by atoms with van der Waals surface area (Å²) in [6.45, 7) is 7.12. The average Bonchev–Trinajstić information content (AvgIpc) is 3.23. The fourth-order valence-electron chi connectivity index (χ4n) is 3.54. The zero-order chi connectivity index (χ0) is 24.8. The molecule has 1 aliphatic rings. The quantitative estimate of drug-likeness (QED) is 0.623. The summed E-state index contributed by atoms with van der Waals surface area (Å²) in [6.07, 6.45) is 0.125. The van der Waals surface area contributed by atoms with Crippen LogP contribution in [0.25, 0.3) is 0 Å². The standard InChI is InChI=1S/C23H28ClN5O4S/c1-15(2)29(22(33)17-4-6-18(24)7-5-17)13-20(31)26-23-25-19(14-34-23)12-21(32)28-10-8-27(9-11-28)16(3)30/h4-7,14-15H,8-13H2,1-3H3,(H,25,26,31). The number of hydrogen-bond donors (Lipinski definition) is 1. The van der Waals surface area contributed by atoms with Crippen LogP contribution in [0.1, 0.15) is 36.8 Å². The van der Waals surface area contributed by atoms with Crippen molar-refractivity contribution >= 4 is 51.7 Å². The first kappa shape index (κ1) is 25.6. The van der Waals surface area contributed by atoms with Gasteiger partial charge in [-0.2, -0.15) is 0 Å². The maximum Gasteiger partial charge on any atom is 0.254 e. The van der Waals surface area contributed by atoms with Crippen molar-refractivity contribution in [2.45, 2.75) is 33.2 Å². The number of halogens is 1. The number of nitrogens with zero attached hydrogens (tertiary/aromatic N) is 4. The van der Waals surface area contributed by atoms with E-state index in [-0.39, 0.29) is 42.6 Å². The van der Waals surface area contributed by atoms with E-state index in [0.29, 0.717) is 47.6 Å². The van der Waals surface area contributed by atoms with E-state index in [9.17, 15) is 19.2 Å². The summed E-state index contributed by atoms with van der Waals surface area (Å²) in [6, 6.07) is 6.33. The van der Waals surface area contributed by atoms with Crippen LogP contribution in [-0.4, -0.2) is 82.1 Å². The van der Waals surface area contributed by atoms with Gasteiger partial charge < -0.3 is 20.0 Å². The summed E-state index contributed by atoms with van der Waals surface area (Å²) in [5.41, 5.74) is 1.02. The van der Waals surface area contributed by atoms with Crippen molar-refractivity contribution in [2.75, 3.05) is 38.0 Å². The molecule has 1 saturated heterocycles. The van der Waals surface area contributed by atoms with E-state index < -0.39 is 0 Å². The van der Waals surface area contributed by atoms with E-state index in [1.165, 1.54) is 23.2 Å². The van der Waals surface area contributed by atoms with Crippen LogP contribution in [0.2, 0.25) is 5.02 Å². The van der Waals surface area contributed by atoms with Crippen molar-refractivity contribution in [3.8, 4) is 0 Å². The molecule has 0 spiro atoms. The third-order valence-corrected chi connectivity index (χ3v) is 6.56. The molecule has 2 heterocycles. The number of amides is 4. The van der Waals surface area contributed by atoms with Gasteiger partial charge in [-0.1, -0.05) is 11.6 Å². The number of carbonyl (C=O) groups excluding carboxylic acids is 4. The fraction of sp³-hybridized carbons (Fsp3) is 0.435. The Morgan fingerprint density at radius 2 is 1.71 bits per heavy atom. The minimum atomic E-state index is -0.372. The molecule has 1 aromatic carbocycles. The summed E-state index contributed by atoms with van der Waals surface area (Å²) in [5, 5.41) is 5.35. The summed E-state index contributed by atoms with van der Waals surface area (Å²) < 4.78 is 0. The van der Waals surface area contributed by atoms with Crippen LogP contribution in [-0.2, 0) is 20.8 Å². The molecule has 9 nitrogen and oxygen atoms in total. The van der Waals surface area contributed by atoms with Gasteiger partial charge >= 0.3 is 0 Å². The highest BCUT2D eigenvalue weighted by atomic mass is 35.5. The van der Waals surface area contributed by atoms with E-state index in [2.05, 4.69) is 10.3 Å². The smallest absolute Gasteiger partial charge is 0.254 e. The van der Waals surface area contributed by atoms with E-state index in [4.69, 9.17) is 11.6 Å². The molecule has 2 aromatic rings. The molecule has 1 aromatic heterocycles. The molecule has 0 unspecified atom stereocenters. The highest BCUT2D eigenvalue weighted by molar-refractivity contribution is 7.13. The number of aromatic nitrogens is 1. The van der Waals surface area contributed by atoms with Gasteiger partial charge in [0.1, 0.15) is 6.54 Å². The van der Waals surface area contributed by atoms with E-state index in [0.717, 1.165) is 0 Å². The SMILES string of the molecule is CC(=O)N1CCN(C(=O)Cc2csc(NC(=O)CN(C(=O)c3ccc(Cl)cc3)C(C)C)n2)CC1. The number of piperazine rings is 1. The highest BCUT2D eigenvalue weighted by Gasteiger charge is 2.24. The zero-order valence-electron chi connectivity index (χ0n) is 19.4. The molecule has 1 N–H and O–H groups in total. The van der Waals surface area contributed by atoms with Crippen molar-refractivity contribution in [1.29, 1.82) is 0 Å². The molecule has 0 saturated carbocycles. The van der Waals surface area contributed by atoms with Gasteiger partial charge in [0.2, 0.25) is 17.7 Å². The summed E-state index contributed by atoms with van der Waals surface area (Å²) >= 11 is 7.12. The van der Waals surface area contributed by atoms with E-state index >= 15 is 0 Å². The van der Waals surface area contributed by atoms with Gasteiger partial charge in [-0.3, -0.25) is 19.2 Å². The molecule has 182 valence electrons. The first-order valence-corrected chi connectivity index (χ1v) is 12.2. The van der Waals surface area contributed by atoms with Gasteiger partial charge in [0.05, 0.1) is 12.1 Å². The fourth-order valence-corrected chi connectivity index (χ4v) is 4.40. The molecule has 0 radical (unpaired) electrons. The molecule has 1 aliphatic heterocycles. The maximum atomic E-state index is 12.8. The molecule has 0 bridgehead atoms. The Bertz CT molecular complexity index is 1050. The minimum Gasteiger partial charge on any atom is -0.339 e. The van der Waals surface area contributed by atoms with Crippen LogP contribution in [0.4, 0.5) is 5.13 Å². The van der Waals surface area contributed by atoms with Crippen LogP contribution >= 0.6 is 22.9 Å². The third kappa shape index (κ3) is 6.77. The maximum absolute atomic E-state index is 12.8. The topological polar surface area (TPSA) is 103 Å². The Kier molecular flexibility index (Phi) is 8.62. The van der Waals surface area contributed by atoms with E-state index in [1.54, 1.807) is 39.4 Å². The van der Waals surface area contributed by atoms with E-state index in [1.807, 2.05) is 13.8 Å². The van der Waals surface area contributed by atoms with Gasteiger partial charge in [-0.05, 0) is 38.1 Å². The van der Waals surface area contributed by atoms with Crippen molar-refractivity contribution in [1.82, 2.24) is 19.7 Å². The number of rotatable bonds is 7. The first-order chi connectivity index (χ1) is 16.1. The minimum absolute atomic E-state index is 0.0119. The van der Waals surface area contributed by atoms with Gasteiger partial charge in [-0.15, -0.1) is 11.3 Å². The molecule has 11 heteroatoms. The van der Waals surface area contributed by atoms with Gasteiger partial charge in [0.15, 0.2) is 5.13 Å². The second-order valence-electron chi connectivity index (χ2n) is 8.29. The van der Waals surface area contributed by atoms with Crippen LogP contribution in [0.5, 0.6) is 0 Å². The van der Waals surface area contributed by atoms with Gasteiger partial charge in [0, 0.05) is 55.1 Å². The number of hydrogen-bond acceptors (Lipinski definition) is 6. The number of anilines is 1. The molecular formula is C23H28ClN5O4S. The van der Waals surface area contributed by atoms with Crippen molar-refractivity contribution < 1.29 is 19.2 Å². The lowest BCUT2D eigenvalue weighted by Crippen LogP contribution is -2.50. The lowest BCUT2D eigenvalue weighted by Gasteiger charge is -2.34. The third-order valence-electron chi connectivity index (χ3n) is 5.50. The molecule has 34 heavy (non-hydrogen) atoms. The Morgan fingerprint density at radius 1 is 1.09 bits per heavy atom. The van der Waals surface area contributed by atoms with Crippen molar-refractivity contribution in [3.63, 3.8) is 0 Å². The largest absolute Gasteiger partial charge is 0.339 e. The molecule has 1 fully saturated rings. The lowest BCUT2D eigenvalue weighted by molar-refractivity contribution is -0.138. The Balaban J connectivity index is 1.53. The Labute approximate surface area is 207 Å². The molecular weight excluding hydrogens is 478 g/mol. The second kappa shape index (κ2) is 11.4. The monoisotopic (exact) mass is 505 g/mol. The molecule has 0 atom stereocenters. The zero-order valence-corrected chi connectivity index (χ0v) is 21.0. The van der Waals surface area contributed by atoms with Crippen LogP contribution in [0, 0.1) is 0 Å². The van der Waals surface area contributed by atoms with Gasteiger partial charge in [-0.25, -0.2) is 4.98 Å². The van der Waals surface area contributed by atoms with Crippen LogP contribution in [0.15, 0.2) is 29.6 Å². The Hall–Kier alpha value is -2.98. The number of carbonyl (C=O) groups is 4. The molecule has 4 amide bonds. The average molecular weight is 506 g/mol. The normalized spacial score (nSPS) is 13.7. The number of thiazole rings is 1. The second-order valence-corrected chi connectivity index (χ2v) is 9.58. The summed E-state index contributed by atoms with van der Waals surface area (Å²) in [7, 11) is 0. The summed E-state index contributed by atoms with van der Waals surface area (Å²) in [4.78, 5) is 58.7. The van der Waals surface area contributed by atoms with Crippen molar-refractivity contribution in [2.24, 2.45) is 0 Å². The predicted octanol–water partition coefficient (Wildman–Crippen LogP) is 2.52. The predicted molar refractivity (Wildman–Crippen MR) is 131 cm³/mol. The number of nitrogens with one attached hydrogen (secondary N) is 1. The lowest BCUT2D eigenvalue weighted by atomic mass is 10.1. The molecule has 0 aliphatic carbocycles. The summed E-state index contributed by atoms with van der Waals surface area (Å²) in [5.74, 6) is -0.690. The van der Waals surface area contributed by atoms with Crippen LogP contribution in [0.3, 0.4) is 0 Å². The first-order valence-electron chi connectivity index (χ1n) is 11.0. The van der Waals surface area contributed by atoms with Crippen LogP contribution < -0.4 is 5.32 Å². The highest BCUT2D eigenvalue weighted by Crippen LogP contribution is 2.18. The number of benzene rings is 1. The Morgan fingerprint density at radius 3 is 2.29 bits per heavy atom. The van der Waals surface area contributed by atoms with Gasteiger partial charge in [0.25, 0.3) is 5.91 Å². The molecule has 3 rings (SSSR count).